The number of unbranched alkanes of at least 4 members (excludes halogenated alkanes) is 1. The van der Waals surface area contributed by atoms with E-state index in [1.807, 2.05) is 17.8 Å². The summed E-state index contributed by atoms with van der Waals surface area (Å²) in [6.07, 6.45) is 7.23. The van der Waals surface area contributed by atoms with Gasteiger partial charge in [0.05, 0.1) is 0 Å². The van der Waals surface area contributed by atoms with Gasteiger partial charge in [-0.1, -0.05) is 0 Å². The third kappa shape index (κ3) is 3.96. The predicted octanol–water partition coefficient (Wildman–Crippen LogP) is 2.96. The Hall–Kier alpha value is -1.56. The molecule has 0 aliphatic carbocycles. The molecule has 0 saturated heterocycles. The van der Waals surface area contributed by atoms with Crippen molar-refractivity contribution in [2.24, 2.45) is 0 Å². The molecule has 4 nitrogen and oxygen atoms in total. The molecular formula is C13H17FN4S. The summed E-state index contributed by atoms with van der Waals surface area (Å²) in [5.74, 6) is 0.862. The predicted molar refractivity (Wildman–Crippen MR) is 77.4 cm³/mol. The average molecular weight is 280 g/mol. The highest BCUT2D eigenvalue weighted by Gasteiger charge is 2.05. The number of thioether (sulfide) groups is 1. The largest absolute Gasteiger partial charge is 0.385 e. The molecule has 6 heteroatoms. The number of nitrogens with zero attached hydrogens (tertiary/aromatic N) is 3. The second kappa shape index (κ2) is 7.13. The average Bonchev–Trinajstić information content (AvgIpc) is 2.92. The molecule has 1 heterocycles. The zero-order chi connectivity index (χ0) is 13.5. The Bertz CT molecular complexity index is 501. The minimum atomic E-state index is -0.306. The van der Waals surface area contributed by atoms with Crippen molar-refractivity contribution in [2.45, 2.75) is 12.8 Å². The molecule has 0 aliphatic rings. The maximum atomic E-state index is 13.9. The van der Waals surface area contributed by atoms with Crippen LogP contribution in [-0.2, 0) is 0 Å². The quantitative estimate of drug-likeness (QED) is 0.792. The van der Waals surface area contributed by atoms with Crippen LogP contribution in [0, 0.1) is 5.82 Å². The minimum Gasteiger partial charge on any atom is -0.385 e. The van der Waals surface area contributed by atoms with E-state index in [0.717, 1.165) is 18.7 Å². The van der Waals surface area contributed by atoms with Crippen LogP contribution in [0.5, 0.6) is 0 Å². The minimum absolute atomic E-state index is 0.306. The fraction of sp³-hybridized carbons (Fsp3) is 0.385. The van der Waals surface area contributed by atoms with Gasteiger partial charge in [-0.05, 0) is 43.0 Å². The molecule has 0 fully saturated rings. The van der Waals surface area contributed by atoms with Crippen LogP contribution < -0.4 is 5.32 Å². The Morgan fingerprint density at radius 2 is 2.26 bits per heavy atom. The molecule has 0 atom stereocenters. The number of hydrogen-bond acceptors (Lipinski definition) is 4. The molecule has 0 saturated carbocycles. The molecule has 1 aromatic heterocycles. The molecule has 19 heavy (non-hydrogen) atoms. The van der Waals surface area contributed by atoms with Crippen LogP contribution in [0.3, 0.4) is 0 Å². The number of benzene rings is 1. The van der Waals surface area contributed by atoms with Crippen LogP contribution in [0.4, 0.5) is 10.1 Å². The molecule has 2 aromatic rings. The normalized spacial score (nSPS) is 10.6. The van der Waals surface area contributed by atoms with Gasteiger partial charge in [0.15, 0.2) is 5.82 Å². The van der Waals surface area contributed by atoms with Crippen molar-refractivity contribution in [3.63, 3.8) is 0 Å². The maximum absolute atomic E-state index is 13.9. The summed E-state index contributed by atoms with van der Waals surface area (Å²) in [6, 6.07) is 5.05. The summed E-state index contributed by atoms with van der Waals surface area (Å²) in [5.41, 5.74) is 1.20. The van der Waals surface area contributed by atoms with E-state index in [4.69, 9.17) is 0 Å². The second-order valence-electron chi connectivity index (χ2n) is 4.13. The molecule has 1 N–H and O–H groups in total. The van der Waals surface area contributed by atoms with Crippen molar-refractivity contribution in [2.75, 3.05) is 23.9 Å². The van der Waals surface area contributed by atoms with Gasteiger partial charge in [0, 0.05) is 12.2 Å². The van der Waals surface area contributed by atoms with Gasteiger partial charge in [0.1, 0.15) is 18.3 Å². The lowest BCUT2D eigenvalue weighted by atomic mass is 10.2. The third-order valence-corrected chi connectivity index (χ3v) is 3.41. The number of aromatic nitrogens is 3. The second-order valence-corrected chi connectivity index (χ2v) is 5.12. The summed E-state index contributed by atoms with van der Waals surface area (Å²) < 4.78 is 15.3. The van der Waals surface area contributed by atoms with Gasteiger partial charge in [-0.2, -0.15) is 16.9 Å². The number of rotatable bonds is 7. The van der Waals surface area contributed by atoms with Crippen molar-refractivity contribution in [1.82, 2.24) is 14.8 Å². The number of nitrogens with one attached hydrogen (secondary N) is 1. The summed E-state index contributed by atoms with van der Waals surface area (Å²) in [7, 11) is 0. The number of anilines is 1. The van der Waals surface area contributed by atoms with Crippen LogP contribution in [0.1, 0.15) is 12.8 Å². The topological polar surface area (TPSA) is 42.7 Å². The molecule has 0 spiro atoms. The van der Waals surface area contributed by atoms with Crippen LogP contribution in [0.2, 0.25) is 0 Å². The first-order chi connectivity index (χ1) is 9.31. The maximum Gasteiger partial charge on any atom is 0.150 e. The van der Waals surface area contributed by atoms with E-state index in [2.05, 4.69) is 21.7 Å². The lowest BCUT2D eigenvalue weighted by molar-refractivity contribution is 0.611. The monoisotopic (exact) mass is 280 g/mol. The highest BCUT2D eigenvalue weighted by molar-refractivity contribution is 7.98. The lowest BCUT2D eigenvalue weighted by Gasteiger charge is -2.08. The van der Waals surface area contributed by atoms with Crippen molar-refractivity contribution in [3.05, 3.63) is 36.7 Å². The molecule has 1 aromatic carbocycles. The first-order valence-electron chi connectivity index (χ1n) is 6.18. The fourth-order valence-corrected chi connectivity index (χ4v) is 2.23. The van der Waals surface area contributed by atoms with E-state index in [9.17, 15) is 4.39 Å². The zero-order valence-electron chi connectivity index (χ0n) is 10.8. The van der Waals surface area contributed by atoms with Crippen LogP contribution in [-0.4, -0.2) is 33.3 Å². The van der Waals surface area contributed by atoms with E-state index in [-0.39, 0.29) is 5.82 Å². The summed E-state index contributed by atoms with van der Waals surface area (Å²) >= 11 is 1.85. The van der Waals surface area contributed by atoms with Crippen molar-refractivity contribution >= 4 is 17.4 Å². The van der Waals surface area contributed by atoms with Gasteiger partial charge in [-0.15, -0.1) is 0 Å². The van der Waals surface area contributed by atoms with Gasteiger partial charge >= 0.3 is 0 Å². The standard InChI is InChI=1S/C13H17FN4S/c1-19-7-3-2-6-16-11-4-5-13(12(14)8-11)18-10-15-9-17-18/h4-5,8-10,16H,2-3,6-7H2,1H3. The number of halogens is 1. The molecule has 102 valence electrons. The van der Waals surface area contributed by atoms with Gasteiger partial charge in [-0.25, -0.2) is 14.1 Å². The van der Waals surface area contributed by atoms with E-state index in [1.165, 1.54) is 35.6 Å². The zero-order valence-corrected chi connectivity index (χ0v) is 11.7. The molecule has 0 unspecified atom stereocenters. The van der Waals surface area contributed by atoms with E-state index < -0.39 is 0 Å². The Kier molecular flexibility index (Phi) is 5.20. The van der Waals surface area contributed by atoms with E-state index in [0.29, 0.717) is 5.69 Å². The van der Waals surface area contributed by atoms with Gasteiger partial charge < -0.3 is 5.32 Å². The fourth-order valence-electron chi connectivity index (χ4n) is 1.74. The Balaban J connectivity index is 1.92. The first-order valence-corrected chi connectivity index (χ1v) is 7.58. The van der Waals surface area contributed by atoms with Crippen LogP contribution >= 0.6 is 11.8 Å². The Morgan fingerprint density at radius 1 is 1.37 bits per heavy atom. The molecule has 0 amide bonds. The molecule has 0 bridgehead atoms. The molecular weight excluding hydrogens is 263 g/mol. The first kappa shape index (κ1) is 13.9. The van der Waals surface area contributed by atoms with Crippen LogP contribution in [0.15, 0.2) is 30.9 Å². The van der Waals surface area contributed by atoms with Crippen molar-refractivity contribution < 1.29 is 4.39 Å². The smallest absolute Gasteiger partial charge is 0.150 e. The Morgan fingerprint density at radius 3 is 2.95 bits per heavy atom. The summed E-state index contributed by atoms with van der Waals surface area (Å²) in [5, 5.41) is 7.14. The van der Waals surface area contributed by atoms with Crippen molar-refractivity contribution in [1.29, 1.82) is 0 Å². The Labute approximate surface area is 116 Å². The summed E-state index contributed by atoms with van der Waals surface area (Å²) in [6.45, 7) is 0.864. The van der Waals surface area contributed by atoms with Gasteiger partial charge in [0.2, 0.25) is 0 Å². The lowest BCUT2D eigenvalue weighted by Crippen LogP contribution is -2.04. The van der Waals surface area contributed by atoms with Crippen LogP contribution in [0.25, 0.3) is 5.69 Å². The number of hydrogen-bond donors (Lipinski definition) is 1. The van der Waals surface area contributed by atoms with Gasteiger partial charge in [-0.3, -0.25) is 0 Å². The highest BCUT2D eigenvalue weighted by atomic mass is 32.2. The van der Waals surface area contributed by atoms with E-state index in [1.54, 1.807) is 6.07 Å². The SMILES string of the molecule is CSCCCCNc1ccc(-n2cncn2)c(F)c1. The van der Waals surface area contributed by atoms with E-state index >= 15 is 0 Å². The summed E-state index contributed by atoms with van der Waals surface area (Å²) in [4.78, 5) is 3.81. The molecule has 2 rings (SSSR count). The third-order valence-electron chi connectivity index (χ3n) is 2.72. The molecule has 0 radical (unpaired) electrons. The van der Waals surface area contributed by atoms with Crippen molar-refractivity contribution in [3.8, 4) is 5.69 Å². The highest BCUT2D eigenvalue weighted by Crippen LogP contribution is 2.17. The molecule has 0 aliphatic heterocycles. The van der Waals surface area contributed by atoms with Gasteiger partial charge in [0.25, 0.3) is 0 Å².